The lowest BCUT2D eigenvalue weighted by Crippen LogP contribution is -2.52. The summed E-state index contributed by atoms with van der Waals surface area (Å²) in [5.74, 6) is 0.276. The minimum absolute atomic E-state index is 0.00817. The highest BCUT2D eigenvalue weighted by Crippen LogP contribution is 2.47. The number of amides is 1. The molecule has 0 aliphatic carbocycles. The number of hydrogen-bond acceptors (Lipinski definition) is 8. The standard InChI is InChI=1S/C53H66N3O8P/c54-52(58)53(46-19-8-4-9-20-46,47-21-10-5-11-22-47)48-28-32-56(40-48,31-27-42-23-25-50-44(36-42)29-35-63-50)39-45-37-43(24-26-51(45)64-65(59,60)61)49(57)38-55-30-13-1-2-14-33-62-34-15-12-18-41-16-6-3-7-17-41/h3-11,16-17,19-26,36-37,48-49,55,57H,1-2,12-15,18,27-35,38-40H2,(H3-,54,58,59,60,61). The molecule has 346 valence electrons. The smallest absolute Gasteiger partial charge is 0.317 e. The Hall–Kier alpha value is -4.84. The van der Waals surface area contributed by atoms with Crippen LogP contribution in [-0.4, -0.2) is 72.9 Å². The molecule has 5 N–H and O–H groups in total. The van der Waals surface area contributed by atoms with Crippen LogP contribution in [0.1, 0.15) is 90.0 Å². The first-order chi connectivity index (χ1) is 31.5. The molecule has 2 aliphatic rings. The molecule has 4 atom stereocenters. The number of unbranched alkanes of at least 4 members (excludes halogenated alkanes) is 4. The number of fused-ring (bicyclic) bond motifs is 1. The fourth-order valence-electron chi connectivity index (χ4n) is 10.1. The predicted octanol–water partition coefficient (Wildman–Crippen LogP) is 7.73. The Kier molecular flexibility index (Phi) is 17.1. The number of aliphatic hydroxyl groups is 1. The summed E-state index contributed by atoms with van der Waals surface area (Å²) in [6.45, 7) is 5.48. The van der Waals surface area contributed by atoms with E-state index in [0.717, 1.165) is 93.6 Å². The number of nitrogens with one attached hydrogen (secondary N) is 1. The largest absolute Gasteiger partial charge is 0.746 e. The van der Waals surface area contributed by atoms with Gasteiger partial charge in [0.1, 0.15) is 23.5 Å². The molecule has 65 heavy (non-hydrogen) atoms. The summed E-state index contributed by atoms with van der Waals surface area (Å²) in [6, 6.07) is 41.3. The number of benzene rings is 5. The van der Waals surface area contributed by atoms with Crippen LogP contribution < -0.4 is 25.2 Å². The molecule has 4 unspecified atom stereocenters. The zero-order valence-corrected chi connectivity index (χ0v) is 38.4. The number of rotatable bonds is 26. The van der Waals surface area contributed by atoms with Crippen molar-refractivity contribution in [1.29, 1.82) is 0 Å². The van der Waals surface area contributed by atoms with Crippen LogP contribution in [0.25, 0.3) is 0 Å². The topological polar surface area (TPSA) is 163 Å². The average Bonchev–Trinajstić information content (AvgIpc) is 3.96. The zero-order chi connectivity index (χ0) is 45.5. The van der Waals surface area contributed by atoms with E-state index in [9.17, 15) is 24.3 Å². The van der Waals surface area contributed by atoms with Crippen LogP contribution in [0.2, 0.25) is 0 Å². The molecule has 1 saturated heterocycles. The second-order valence-corrected chi connectivity index (χ2v) is 19.0. The van der Waals surface area contributed by atoms with Crippen molar-refractivity contribution in [3.63, 3.8) is 0 Å². The fourth-order valence-corrected chi connectivity index (χ4v) is 10.5. The number of primary amides is 1. The van der Waals surface area contributed by atoms with Gasteiger partial charge in [-0.15, -0.1) is 0 Å². The molecule has 1 fully saturated rings. The molecule has 0 radical (unpaired) electrons. The number of phosphoric acid groups is 1. The first-order valence-electron chi connectivity index (χ1n) is 23.4. The first kappa shape index (κ1) is 48.1. The Morgan fingerprint density at radius 2 is 1.52 bits per heavy atom. The number of aryl methyl sites for hydroxylation is 1. The van der Waals surface area contributed by atoms with Crippen molar-refractivity contribution in [1.82, 2.24) is 5.32 Å². The molecule has 1 amide bonds. The summed E-state index contributed by atoms with van der Waals surface area (Å²) in [4.78, 5) is 36.3. The van der Waals surface area contributed by atoms with Crippen molar-refractivity contribution >= 4 is 13.7 Å². The van der Waals surface area contributed by atoms with Crippen LogP contribution in [0, 0.1) is 5.92 Å². The first-order valence-corrected chi connectivity index (χ1v) is 24.9. The minimum atomic E-state index is -5.19. The summed E-state index contributed by atoms with van der Waals surface area (Å²) < 4.78 is 29.7. The van der Waals surface area contributed by atoms with Gasteiger partial charge >= 0.3 is 7.82 Å². The Labute approximate surface area is 384 Å². The van der Waals surface area contributed by atoms with Crippen LogP contribution in [0.15, 0.2) is 127 Å². The SMILES string of the molecule is NC(=O)C(c1ccccc1)(c1ccccc1)C1CC[N+](CCc2ccc3c(c2)CCO3)(Cc2cc(C(O)CNCCCCCCOCCCCc3ccccc3)ccc2OP(=O)([O-])O)C1. The van der Waals surface area contributed by atoms with Gasteiger partial charge in [-0.05, 0) is 90.2 Å². The number of phosphoric ester groups is 1. The maximum absolute atomic E-state index is 14.1. The van der Waals surface area contributed by atoms with Gasteiger partial charge in [-0.1, -0.05) is 122 Å². The third-order valence-corrected chi connectivity index (χ3v) is 13.8. The van der Waals surface area contributed by atoms with Crippen molar-refractivity contribution in [3.8, 4) is 11.5 Å². The Morgan fingerprint density at radius 1 is 0.846 bits per heavy atom. The predicted molar refractivity (Wildman–Crippen MR) is 252 cm³/mol. The normalized spacial score (nSPS) is 18.4. The van der Waals surface area contributed by atoms with Gasteiger partial charge in [0, 0.05) is 50.5 Å². The molecule has 7 rings (SSSR count). The van der Waals surface area contributed by atoms with Crippen molar-refractivity contribution in [2.75, 3.05) is 52.5 Å². The Balaban J connectivity index is 1.03. The lowest BCUT2D eigenvalue weighted by Gasteiger charge is -2.40. The van der Waals surface area contributed by atoms with Gasteiger partial charge in [0.15, 0.2) is 0 Å². The van der Waals surface area contributed by atoms with E-state index in [-0.39, 0.29) is 11.7 Å². The van der Waals surface area contributed by atoms with Crippen LogP contribution in [0.4, 0.5) is 0 Å². The van der Waals surface area contributed by atoms with Crippen LogP contribution in [-0.2, 0) is 45.3 Å². The Morgan fingerprint density at radius 3 is 2.22 bits per heavy atom. The number of aliphatic hydroxyl groups excluding tert-OH is 1. The Bertz CT molecular complexity index is 2270. The number of carbonyl (C=O) groups excluding carboxylic acids is 1. The molecule has 2 aliphatic heterocycles. The van der Waals surface area contributed by atoms with E-state index >= 15 is 0 Å². The van der Waals surface area contributed by atoms with Gasteiger partial charge in [0.2, 0.25) is 5.91 Å². The van der Waals surface area contributed by atoms with Crippen molar-refractivity contribution in [2.45, 2.75) is 82.3 Å². The van der Waals surface area contributed by atoms with Gasteiger partial charge in [0.05, 0.1) is 32.3 Å². The minimum Gasteiger partial charge on any atom is -0.746 e. The number of quaternary nitrogens is 1. The molecule has 12 heteroatoms. The van der Waals surface area contributed by atoms with E-state index in [0.29, 0.717) is 67.8 Å². The van der Waals surface area contributed by atoms with Gasteiger partial charge in [-0.3, -0.25) is 9.36 Å². The van der Waals surface area contributed by atoms with Crippen LogP contribution >= 0.6 is 7.82 Å². The highest BCUT2D eigenvalue weighted by Gasteiger charge is 2.54. The quantitative estimate of drug-likeness (QED) is 0.0247. The molecule has 0 aromatic heterocycles. The van der Waals surface area contributed by atoms with Gasteiger partial charge in [-0.2, -0.15) is 0 Å². The van der Waals surface area contributed by atoms with Gasteiger partial charge in [0.25, 0.3) is 0 Å². The monoisotopic (exact) mass is 903 g/mol. The van der Waals surface area contributed by atoms with E-state index in [1.54, 1.807) is 12.1 Å². The zero-order valence-electron chi connectivity index (χ0n) is 37.5. The van der Waals surface area contributed by atoms with E-state index < -0.39 is 25.2 Å². The van der Waals surface area contributed by atoms with E-state index in [4.69, 9.17) is 19.7 Å². The molecular weight excluding hydrogens is 838 g/mol. The summed E-state index contributed by atoms with van der Waals surface area (Å²) in [5.41, 5.74) is 11.9. The number of nitrogens with zero attached hydrogens (tertiary/aromatic N) is 1. The fraction of sp³-hybridized carbons (Fsp3) is 0.415. The second-order valence-electron chi connectivity index (χ2n) is 17.9. The number of hydrogen-bond donors (Lipinski definition) is 4. The van der Waals surface area contributed by atoms with E-state index in [1.165, 1.54) is 17.2 Å². The lowest BCUT2D eigenvalue weighted by molar-refractivity contribution is -0.931. The highest BCUT2D eigenvalue weighted by molar-refractivity contribution is 7.45. The summed E-state index contributed by atoms with van der Waals surface area (Å²) in [5, 5.41) is 14.8. The van der Waals surface area contributed by atoms with Crippen molar-refractivity contribution < 1.29 is 42.7 Å². The van der Waals surface area contributed by atoms with E-state index in [1.807, 2.05) is 72.8 Å². The number of carbonyl (C=O) groups is 1. The number of nitrogens with two attached hydrogens (primary N) is 1. The van der Waals surface area contributed by atoms with Gasteiger partial charge in [-0.25, -0.2) is 0 Å². The van der Waals surface area contributed by atoms with Crippen LogP contribution in [0.5, 0.6) is 11.5 Å². The third kappa shape index (κ3) is 13.0. The van der Waals surface area contributed by atoms with E-state index in [2.05, 4.69) is 41.7 Å². The third-order valence-electron chi connectivity index (χ3n) is 13.4. The molecule has 11 nitrogen and oxygen atoms in total. The number of ether oxygens (including phenoxy) is 2. The molecule has 5 aromatic carbocycles. The lowest BCUT2D eigenvalue weighted by atomic mass is 9.64. The maximum atomic E-state index is 14.1. The highest BCUT2D eigenvalue weighted by atomic mass is 31.2. The second kappa shape index (κ2) is 23.1. The molecule has 0 spiro atoms. The van der Waals surface area contributed by atoms with Crippen LogP contribution in [0.3, 0.4) is 0 Å². The average molecular weight is 904 g/mol. The molecule has 2 heterocycles. The molecular formula is C53H66N3O8P. The van der Waals surface area contributed by atoms with Crippen molar-refractivity contribution in [2.24, 2.45) is 11.7 Å². The molecule has 5 aromatic rings. The molecule has 0 bridgehead atoms. The number of likely N-dealkylation sites (tertiary alicyclic amines) is 1. The summed E-state index contributed by atoms with van der Waals surface area (Å²) in [6.07, 6.45) is 8.75. The maximum Gasteiger partial charge on any atom is 0.317 e. The summed E-state index contributed by atoms with van der Waals surface area (Å²) in [7, 11) is -5.19. The van der Waals surface area contributed by atoms with Gasteiger partial charge < -0.3 is 44.4 Å². The van der Waals surface area contributed by atoms with Crippen molar-refractivity contribution in [3.05, 3.63) is 166 Å². The summed E-state index contributed by atoms with van der Waals surface area (Å²) >= 11 is 0. The molecule has 0 saturated carbocycles.